The number of amides is 1. The second-order valence-electron chi connectivity index (χ2n) is 8.88. The van der Waals surface area contributed by atoms with Crippen LogP contribution >= 0.6 is 0 Å². The molecule has 1 aliphatic carbocycles. The molecule has 0 radical (unpaired) electrons. The van der Waals surface area contributed by atoms with Crippen LogP contribution in [0.5, 0.6) is 0 Å². The molecule has 5 nitrogen and oxygen atoms in total. The maximum absolute atomic E-state index is 14.2. The molecule has 0 saturated heterocycles. The normalized spacial score (nSPS) is 21.6. The summed E-state index contributed by atoms with van der Waals surface area (Å²) < 4.78 is 87.0. The average molecular weight is 514 g/mol. The van der Waals surface area contributed by atoms with E-state index in [1.165, 1.54) is 0 Å². The van der Waals surface area contributed by atoms with Crippen LogP contribution in [0.2, 0.25) is 0 Å². The molecule has 0 fully saturated rings. The van der Waals surface area contributed by atoms with Crippen LogP contribution in [0.25, 0.3) is 0 Å². The number of carbonyl (C=O) groups excluding carboxylic acids is 1. The summed E-state index contributed by atoms with van der Waals surface area (Å²) in [5.74, 6) is -0.112. The van der Waals surface area contributed by atoms with Crippen molar-refractivity contribution >= 4 is 11.6 Å². The third-order valence-corrected chi connectivity index (χ3v) is 6.48. The molecule has 2 unspecified atom stereocenters. The van der Waals surface area contributed by atoms with Crippen molar-refractivity contribution in [3.05, 3.63) is 70.3 Å². The SMILES string of the molecule is COCCCC(=O)NC1CCc2cc(C3=NOC(c4cccc(C(F)(F)F)c4)(C(F)(F)F)C3)ccc21. The lowest BCUT2D eigenvalue weighted by Crippen LogP contribution is -2.42. The van der Waals surface area contributed by atoms with Crippen molar-refractivity contribution < 1.29 is 40.7 Å². The van der Waals surface area contributed by atoms with Crippen LogP contribution in [0, 0.1) is 0 Å². The van der Waals surface area contributed by atoms with Crippen molar-refractivity contribution in [1.82, 2.24) is 5.32 Å². The summed E-state index contributed by atoms with van der Waals surface area (Å²) in [6, 6.07) is 7.87. The Morgan fingerprint density at radius 3 is 2.64 bits per heavy atom. The molecule has 36 heavy (non-hydrogen) atoms. The molecular formula is C25H24F6N2O3. The highest BCUT2D eigenvalue weighted by Gasteiger charge is 2.62. The number of aryl methyl sites for hydroxylation is 1. The topological polar surface area (TPSA) is 59.9 Å². The van der Waals surface area contributed by atoms with Crippen LogP contribution in [-0.2, 0) is 32.6 Å². The van der Waals surface area contributed by atoms with E-state index in [0.29, 0.717) is 50.0 Å². The second-order valence-corrected chi connectivity index (χ2v) is 8.88. The summed E-state index contributed by atoms with van der Waals surface area (Å²) in [4.78, 5) is 17.1. The van der Waals surface area contributed by atoms with Gasteiger partial charge in [0.05, 0.1) is 17.3 Å². The molecular weight excluding hydrogens is 490 g/mol. The maximum Gasteiger partial charge on any atom is 0.435 e. The maximum atomic E-state index is 14.2. The van der Waals surface area contributed by atoms with E-state index in [-0.39, 0.29) is 17.7 Å². The number of halogens is 6. The number of alkyl halides is 6. The lowest BCUT2D eigenvalue weighted by atomic mass is 9.85. The highest BCUT2D eigenvalue weighted by Crippen LogP contribution is 2.49. The van der Waals surface area contributed by atoms with Crippen LogP contribution in [0.3, 0.4) is 0 Å². The summed E-state index contributed by atoms with van der Waals surface area (Å²) in [6.45, 7) is 0.474. The predicted molar refractivity (Wildman–Crippen MR) is 118 cm³/mol. The Bertz CT molecular complexity index is 1160. The van der Waals surface area contributed by atoms with E-state index < -0.39 is 35.5 Å². The number of rotatable bonds is 7. The number of nitrogens with one attached hydrogen (secondary N) is 1. The van der Waals surface area contributed by atoms with Gasteiger partial charge in [-0.25, -0.2) is 0 Å². The standard InChI is InChI=1S/C25H24F6N2O3/c1-35-11-3-6-22(34)32-20-10-8-15-12-16(7-9-19(15)20)21-14-23(36-33-21,25(29,30)31)17-4-2-5-18(13-17)24(26,27)28/h2,4-5,7,9,12-13,20H,3,6,8,10-11,14H2,1H3,(H,32,34). The third-order valence-electron chi connectivity index (χ3n) is 6.48. The zero-order valence-electron chi connectivity index (χ0n) is 19.3. The Morgan fingerprint density at radius 1 is 1.17 bits per heavy atom. The molecule has 4 rings (SSSR count). The quantitative estimate of drug-likeness (QED) is 0.374. The molecule has 1 heterocycles. The first-order chi connectivity index (χ1) is 16.9. The van der Waals surface area contributed by atoms with Gasteiger partial charge in [0.2, 0.25) is 5.91 Å². The molecule has 11 heteroatoms. The van der Waals surface area contributed by atoms with Gasteiger partial charge >= 0.3 is 12.4 Å². The van der Waals surface area contributed by atoms with E-state index >= 15 is 0 Å². The van der Waals surface area contributed by atoms with Gasteiger partial charge < -0.3 is 14.9 Å². The fraction of sp³-hybridized carbons (Fsp3) is 0.440. The Balaban J connectivity index is 1.54. The molecule has 0 bridgehead atoms. The molecule has 2 aromatic carbocycles. The number of fused-ring (bicyclic) bond motifs is 1. The van der Waals surface area contributed by atoms with Gasteiger partial charge in [0.15, 0.2) is 0 Å². The lowest BCUT2D eigenvalue weighted by molar-refractivity contribution is -0.276. The highest BCUT2D eigenvalue weighted by molar-refractivity contribution is 6.02. The first kappa shape index (κ1) is 26.0. The fourth-order valence-corrected chi connectivity index (χ4v) is 4.60. The Labute approximate surface area is 203 Å². The monoisotopic (exact) mass is 514 g/mol. The number of hydrogen-bond acceptors (Lipinski definition) is 4. The molecule has 0 spiro atoms. The van der Waals surface area contributed by atoms with Crippen molar-refractivity contribution in [1.29, 1.82) is 0 Å². The number of nitrogens with zero attached hydrogens (tertiary/aromatic N) is 1. The molecule has 1 N–H and O–H groups in total. The van der Waals surface area contributed by atoms with Gasteiger partial charge in [0.25, 0.3) is 5.60 Å². The molecule has 2 aromatic rings. The van der Waals surface area contributed by atoms with Gasteiger partial charge in [-0.3, -0.25) is 4.79 Å². The highest BCUT2D eigenvalue weighted by atomic mass is 19.4. The van der Waals surface area contributed by atoms with Gasteiger partial charge in [0, 0.05) is 32.1 Å². The molecule has 1 aliphatic heterocycles. The summed E-state index contributed by atoms with van der Waals surface area (Å²) >= 11 is 0. The zero-order chi connectivity index (χ0) is 26.1. The van der Waals surface area contributed by atoms with E-state index in [4.69, 9.17) is 9.57 Å². The molecule has 0 aromatic heterocycles. The summed E-state index contributed by atoms with van der Waals surface area (Å²) in [5.41, 5.74) is -2.78. The summed E-state index contributed by atoms with van der Waals surface area (Å²) in [7, 11) is 1.56. The predicted octanol–water partition coefficient (Wildman–Crippen LogP) is 5.82. The van der Waals surface area contributed by atoms with Gasteiger partial charge in [-0.05, 0) is 54.2 Å². The van der Waals surface area contributed by atoms with Crippen molar-refractivity contribution in [2.75, 3.05) is 13.7 Å². The van der Waals surface area contributed by atoms with Crippen LogP contribution < -0.4 is 5.32 Å². The van der Waals surface area contributed by atoms with Crippen molar-refractivity contribution in [2.45, 2.75) is 56.1 Å². The Kier molecular flexibility index (Phi) is 7.05. The van der Waals surface area contributed by atoms with Gasteiger partial charge in [-0.2, -0.15) is 26.3 Å². The molecule has 2 atom stereocenters. The Hall–Kier alpha value is -3.08. The van der Waals surface area contributed by atoms with Crippen LogP contribution in [-0.4, -0.2) is 31.5 Å². The molecule has 194 valence electrons. The smallest absolute Gasteiger partial charge is 0.385 e. The third kappa shape index (κ3) is 5.07. The second kappa shape index (κ2) is 9.76. The van der Waals surface area contributed by atoms with Crippen molar-refractivity contribution in [3.63, 3.8) is 0 Å². The van der Waals surface area contributed by atoms with E-state index in [1.807, 2.05) is 0 Å². The minimum absolute atomic E-state index is 0.0143. The average Bonchev–Trinajstić information content (AvgIpc) is 3.44. The Morgan fingerprint density at radius 2 is 1.94 bits per heavy atom. The van der Waals surface area contributed by atoms with Gasteiger partial charge in [-0.1, -0.05) is 29.4 Å². The van der Waals surface area contributed by atoms with Crippen molar-refractivity contribution in [3.8, 4) is 0 Å². The van der Waals surface area contributed by atoms with Crippen LogP contribution in [0.4, 0.5) is 26.3 Å². The van der Waals surface area contributed by atoms with Gasteiger partial charge in [-0.15, -0.1) is 0 Å². The van der Waals surface area contributed by atoms with E-state index in [1.54, 1.807) is 25.3 Å². The first-order valence-electron chi connectivity index (χ1n) is 11.4. The molecule has 1 amide bonds. The number of benzene rings is 2. The fourth-order valence-electron chi connectivity index (χ4n) is 4.60. The minimum atomic E-state index is -5.02. The number of methoxy groups -OCH3 is 1. The van der Waals surface area contributed by atoms with Crippen LogP contribution in [0.15, 0.2) is 47.6 Å². The van der Waals surface area contributed by atoms with Crippen molar-refractivity contribution in [2.24, 2.45) is 5.16 Å². The van der Waals surface area contributed by atoms with E-state index in [0.717, 1.165) is 23.3 Å². The molecule has 2 aliphatic rings. The summed E-state index contributed by atoms with van der Waals surface area (Å²) in [6.07, 6.45) is -8.42. The molecule has 0 saturated carbocycles. The van der Waals surface area contributed by atoms with Gasteiger partial charge in [0.1, 0.15) is 0 Å². The lowest BCUT2D eigenvalue weighted by Gasteiger charge is -2.30. The summed E-state index contributed by atoms with van der Waals surface area (Å²) in [5, 5.41) is 6.63. The first-order valence-corrected chi connectivity index (χ1v) is 11.4. The zero-order valence-corrected chi connectivity index (χ0v) is 19.3. The largest absolute Gasteiger partial charge is 0.435 e. The number of carbonyl (C=O) groups is 1. The van der Waals surface area contributed by atoms with Crippen LogP contribution in [0.1, 0.15) is 59.5 Å². The van der Waals surface area contributed by atoms with E-state index in [2.05, 4.69) is 10.5 Å². The van der Waals surface area contributed by atoms with E-state index in [9.17, 15) is 31.1 Å². The minimum Gasteiger partial charge on any atom is -0.385 e. The number of ether oxygens (including phenoxy) is 1. The number of oxime groups is 1. The number of hydrogen-bond donors (Lipinski definition) is 1.